The summed E-state index contributed by atoms with van der Waals surface area (Å²) in [6.45, 7) is 7.07. The van der Waals surface area contributed by atoms with Gasteiger partial charge in [0.2, 0.25) is 0 Å². The maximum atomic E-state index is 11.4. The van der Waals surface area contributed by atoms with Crippen LogP contribution in [0, 0.1) is 0 Å². The van der Waals surface area contributed by atoms with E-state index >= 15 is 0 Å². The molecule has 12 heavy (non-hydrogen) atoms. The molecule has 0 heterocycles. The highest BCUT2D eigenvalue weighted by Crippen LogP contribution is 2.46. The van der Waals surface area contributed by atoms with Crippen LogP contribution >= 0.6 is 7.60 Å². The summed E-state index contributed by atoms with van der Waals surface area (Å²) >= 11 is 0. The second-order valence-electron chi connectivity index (χ2n) is 2.10. The molecule has 0 rings (SSSR count). The van der Waals surface area contributed by atoms with Crippen molar-refractivity contribution in [3.63, 3.8) is 0 Å². The molecule has 0 aliphatic heterocycles. The van der Waals surface area contributed by atoms with E-state index in [0.29, 0.717) is 6.42 Å². The minimum absolute atomic E-state index is 0.172. The van der Waals surface area contributed by atoms with E-state index in [0.717, 1.165) is 0 Å². The minimum atomic E-state index is -3.10. The Labute approximate surface area is 72.5 Å². The predicted molar refractivity (Wildman–Crippen MR) is 48.7 cm³/mol. The van der Waals surface area contributed by atoms with Crippen molar-refractivity contribution in [2.75, 3.05) is 12.8 Å². The number of hydrogen-bond donors (Lipinski definition) is 1. The first-order chi connectivity index (χ1) is 5.68. The Kier molecular flexibility index (Phi) is 5.93. The zero-order valence-electron chi connectivity index (χ0n) is 6.94. The highest BCUT2D eigenvalue weighted by atomic mass is 31.2. The summed E-state index contributed by atoms with van der Waals surface area (Å²) in [5.41, 5.74) is 0. The molecule has 0 fully saturated rings. The Morgan fingerprint density at radius 2 is 2.08 bits per heavy atom. The number of rotatable bonds is 7. The molecule has 0 saturated carbocycles. The summed E-state index contributed by atoms with van der Waals surface area (Å²) in [5, 5.41) is 0. The van der Waals surface area contributed by atoms with Crippen molar-refractivity contribution in [3.05, 3.63) is 25.3 Å². The van der Waals surface area contributed by atoms with Crippen LogP contribution in [0.2, 0.25) is 0 Å². The molecule has 4 nitrogen and oxygen atoms in total. The van der Waals surface area contributed by atoms with Crippen LogP contribution in [0.4, 0.5) is 0 Å². The average molecular weight is 191 g/mol. The molecule has 0 aromatic rings. The fourth-order valence-corrected chi connectivity index (χ4v) is 1.69. The maximum absolute atomic E-state index is 11.4. The van der Waals surface area contributed by atoms with Gasteiger partial charge in [-0.25, -0.2) is 10.5 Å². The van der Waals surface area contributed by atoms with Crippen LogP contribution < -0.4 is 5.90 Å². The van der Waals surface area contributed by atoms with Crippen molar-refractivity contribution < 1.29 is 13.7 Å². The highest BCUT2D eigenvalue weighted by Gasteiger charge is 2.21. The van der Waals surface area contributed by atoms with E-state index in [-0.39, 0.29) is 12.8 Å². The standard InChI is InChI=1S/C7H14NO3P/c1-3-5-7-12(9,11-8)10-6-4-2/h3-4H,1-2,5-8H2. The van der Waals surface area contributed by atoms with Gasteiger partial charge in [0.1, 0.15) is 0 Å². The highest BCUT2D eigenvalue weighted by molar-refractivity contribution is 7.53. The van der Waals surface area contributed by atoms with Crippen LogP contribution in [-0.4, -0.2) is 12.8 Å². The lowest BCUT2D eigenvalue weighted by molar-refractivity contribution is 0.224. The van der Waals surface area contributed by atoms with Gasteiger partial charge in [0.15, 0.2) is 0 Å². The third-order valence-electron chi connectivity index (χ3n) is 1.16. The van der Waals surface area contributed by atoms with Crippen molar-refractivity contribution >= 4 is 7.60 Å². The second-order valence-corrected chi connectivity index (χ2v) is 4.24. The van der Waals surface area contributed by atoms with Gasteiger partial charge in [0.05, 0.1) is 12.8 Å². The quantitative estimate of drug-likeness (QED) is 0.379. The van der Waals surface area contributed by atoms with E-state index < -0.39 is 7.60 Å². The van der Waals surface area contributed by atoms with Gasteiger partial charge in [-0.15, -0.1) is 13.2 Å². The molecule has 0 saturated heterocycles. The summed E-state index contributed by atoms with van der Waals surface area (Å²) in [4.78, 5) is 0. The molecule has 0 aliphatic carbocycles. The van der Waals surface area contributed by atoms with Gasteiger partial charge >= 0.3 is 7.60 Å². The number of nitrogens with two attached hydrogens (primary N) is 1. The first-order valence-corrected chi connectivity index (χ1v) is 5.25. The predicted octanol–water partition coefficient (Wildman–Crippen LogP) is 1.85. The third kappa shape index (κ3) is 4.46. The third-order valence-corrected chi connectivity index (χ3v) is 2.83. The van der Waals surface area contributed by atoms with E-state index in [4.69, 9.17) is 10.4 Å². The zero-order valence-corrected chi connectivity index (χ0v) is 7.83. The van der Waals surface area contributed by atoms with E-state index in [2.05, 4.69) is 17.8 Å². The second kappa shape index (κ2) is 6.14. The topological polar surface area (TPSA) is 61.5 Å². The summed E-state index contributed by atoms with van der Waals surface area (Å²) in [6, 6.07) is 0. The molecule has 70 valence electrons. The fraction of sp³-hybridized carbons (Fsp3) is 0.429. The minimum Gasteiger partial charge on any atom is -0.303 e. The Morgan fingerprint density at radius 1 is 1.42 bits per heavy atom. The van der Waals surface area contributed by atoms with Gasteiger partial charge in [-0.05, 0) is 6.42 Å². The Hall–Kier alpha value is -0.410. The van der Waals surface area contributed by atoms with Crippen LogP contribution in [-0.2, 0) is 13.7 Å². The molecule has 0 radical (unpaired) electrons. The van der Waals surface area contributed by atoms with Crippen molar-refractivity contribution in [2.45, 2.75) is 6.42 Å². The lowest BCUT2D eigenvalue weighted by Gasteiger charge is -2.12. The molecule has 5 heteroatoms. The summed E-state index contributed by atoms with van der Waals surface area (Å²) < 4.78 is 20.6. The Bertz CT molecular complexity index is 177. The van der Waals surface area contributed by atoms with Gasteiger partial charge < -0.3 is 4.52 Å². The first kappa shape index (κ1) is 11.6. The van der Waals surface area contributed by atoms with Crippen molar-refractivity contribution in [1.82, 2.24) is 0 Å². The molecule has 0 aromatic carbocycles. The monoisotopic (exact) mass is 191 g/mol. The first-order valence-electron chi connectivity index (χ1n) is 3.52. The van der Waals surface area contributed by atoms with Crippen LogP contribution in [0.25, 0.3) is 0 Å². The smallest absolute Gasteiger partial charge is 0.303 e. The SMILES string of the molecule is C=CCCP(=O)(ON)OCC=C. The van der Waals surface area contributed by atoms with Crippen molar-refractivity contribution in [2.24, 2.45) is 5.90 Å². The lowest BCUT2D eigenvalue weighted by Crippen LogP contribution is -2.04. The van der Waals surface area contributed by atoms with Crippen molar-refractivity contribution in [1.29, 1.82) is 0 Å². The van der Waals surface area contributed by atoms with Gasteiger partial charge in [-0.2, -0.15) is 0 Å². The van der Waals surface area contributed by atoms with E-state index in [1.165, 1.54) is 6.08 Å². The van der Waals surface area contributed by atoms with Crippen LogP contribution in [0.5, 0.6) is 0 Å². The summed E-state index contributed by atoms with van der Waals surface area (Å²) in [7, 11) is -3.10. The van der Waals surface area contributed by atoms with E-state index in [1.807, 2.05) is 0 Å². The number of hydrogen-bond acceptors (Lipinski definition) is 4. The van der Waals surface area contributed by atoms with Crippen LogP contribution in [0.1, 0.15) is 6.42 Å². The normalized spacial score (nSPS) is 15.1. The van der Waals surface area contributed by atoms with E-state index in [1.54, 1.807) is 6.08 Å². The molecule has 1 atom stereocenters. The van der Waals surface area contributed by atoms with Gasteiger partial charge in [0, 0.05) is 0 Å². The van der Waals surface area contributed by atoms with Gasteiger partial charge in [-0.1, -0.05) is 12.2 Å². The summed E-state index contributed by atoms with van der Waals surface area (Å²) in [6.07, 6.45) is 3.91. The van der Waals surface area contributed by atoms with Gasteiger partial charge in [-0.3, -0.25) is 4.57 Å². The van der Waals surface area contributed by atoms with Crippen molar-refractivity contribution in [3.8, 4) is 0 Å². The molecular weight excluding hydrogens is 177 g/mol. The molecule has 0 bridgehead atoms. The Morgan fingerprint density at radius 3 is 2.50 bits per heavy atom. The molecule has 1 unspecified atom stereocenters. The molecule has 2 N–H and O–H groups in total. The molecule has 0 amide bonds. The number of allylic oxidation sites excluding steroid dienone is 1. The average Bonchev–Trinajstić information content (AvgIpc) is 2.11. The van der Waals surface area contributed by atoms with Crippen LogP contribution in [0.15, 0.2) is 25.3 Å². The fourth-order valence-electron chi connectivity index (χ4n) is 0.563. The zero-order chi connectivity index (χ0) is 9.45. The molecule has 0 aromatic heterocycles. The lowest BCUT2D eigenvalue weighted by atomic mass is 10.5. The molecule has 0 aliphatic rings. The largest absolute Gasteiger partial charge is 0.347 e. The molecule has 0 spiro atoms. The Balaban J connectivity index is 3.94. The van der Waals surface area contributed by atoms with E-state index in [9.17, 15) is 4.57 Å². The van der Waals surface area contributed by atoms with Crippen LogP contribution in [0.3, 0.4) is 0 Å². The molecular formula is C7H14NO3P. The van der Waals surface area contributed by atoms with Gasteiger partial charge in [0.25, 0.3) is 0 Å². The maximum Gasteiger partial charge on any atom is 0.347 e. The summed E-state index contributed by atoms with van der Waals surface area (Å²) in [5.74, 6) is 4.83.